The van der Waals surface area contributed by atoms with E-state index >= 15 is 0 Å². The van der Waals surface area contributed by atoms with E-state index in [0.717, 1.165) is 36.8 Å². The first-order valence-electron chi connectivity index (χ1n) is 8.12. The van der Waals surface area contributed by atoms with E-state index in [2.05, 4.69) is 15.0 Å². The van der Waals surface area contributed by atoms with Gasteiger partial charge in [0, 0.05) is 25.2 Å². The Morgan fingerprint density at radius 1 is 1.33 bits per heavy atom. The van der Waals surface area contributed by atoms with Gasteiger partial charge in [-0.05, 0) is 31.5 Å². The lowest BCUT2D eigenvalue weighted by Crippen LogP contribution is -2.44. The molecule has 0 radical (unpaired) electrons. The van der Waals surface area contributed by atoms with Gasteiger partial charge in [-0.2, -0.15) is 5.10 Å². The number of hydrogen-bond acceptors (Lipinski definition) is 5. The molecule has 1 aromatic heterocycles. The van der Waals surface area contributed by atoms with E-state index in [0.29, 0.717) is 18.7 Å². The van der Waals surface area contributed by atoms with Crippen LogP contribution in [0.2, 0.25) is 0 Å². The molecule has 7 nitrogen and oxygen atoms in total. The van der Waals surface area contributed by atoms with Crippen LogP contribution in [0.15, 0.2) is 24.3 Å². The Hall–Kier alpha value is -2.25. The molecule has 2 N–H and O–H groups in total. The fourth-order valence-electron chi connectivity index (χ4n) is 2.99. The Balaban J connectivity index is 1.59. The topological polar surface area (TPSA) is 86.3 Å². The summed E-state index contributed by atoms with van der Waals surface area (Å²) in [5.41, 5.74) is 6.97. The van der Waals surface area contributed by atoms with Gasteiger partial charge in [0.1, 0.15) is 11.6 Å². The third-order valence-electron chi connectivity index (χ3n) is 4.21. The van der Waals surface area contributed by atoms with Gasteiger partial charge < -0.3 is 10.5 Å². The van der Waals surface area contributed by atoms with E-state index < -0.39 is 5.91 Å². The quantitative estimate of drug-likeness (QED) is 0.880. The number of benzene rings is 1. The number of carbonyl (C=O) groups is 1. The molecule has 0 bridgehead atoms. The molecule has 2 aromatic rings. The Kier molecular flexibility index (Phi) is 4.92. The molecule has 128 valence electrons. The largest absolute Gasteiger partial charge is 0.374 e. The second-order valence-corrected chi connectivity index (χ2v) is 6.18. The maximum absolute atomic E-state index is 11.1. The summed E-state index contributed by atoms with van der Waals surface area (Å²) in [5, 5.41) is 4.40. The first-order valence-corrected chi connectivity index (χ1v) is 8.12. The zero-order valence-corrected chi connectivity index (χ0v) is 14.1. The van der Waals surface area contributed by atoms with E-state index in [1.54, 1.807) is 12.1 Å². The van der Waals surface area contributed by atoms with E-state index in [1.165, 1.54) is 0 Å². The fraction of sp³-hybridized carbons (Fsp3) is 0.471. The van der Waals surface area contributed by atoms with Crippen LogP contribution in [0.5, 0.6) is 0 Å². The standard InChI is InChI=1S/C17H23N5O2/c1-12-19-13(2)22(20-12)11-16-10-21(7-8-24-16)9-14-3-5-15(6-4-14)17(18)23/h3-6,16H,7-11H2,1-2H3,(H2,18,23). The van der Waals surface area contributed by atoms with Crippen LogP contribution >= 0.6 is 0 Å². The highest BCUT2D eigenvalue weighted by Gasteiger charge is 2.22. The number of hydrogen-bond donors (Lipinski definition) is 1. The highest BCUT2D eigenvalue weighted by atomic mass is 16.5. The Labute approximate surface area is 141 Å². The molecule has 0 saturated carbocycles. The molecule has 1 aliphatic rings. The second-order valence-electron chi connectivity index (χ2n) is 6.18. The van der Waals surface area contributed by atoms with Gasteiger partial charge in [-0.25, -0.2) is 9.67 Å². The normalized spacial score (nSPS) is 18.7. The molecule has 1 amide bonds. The third-order valence-corrected chi connectivity index (χ3v) is 4.21. The molecule has 0 spiro atoms. The molecule has 1 atom stereocenters. The van der Waals surface area contributed by atoms with Crippen LogP contribution in [0.4, 0.5) is 0 Å². The summed E-state index contributed by atoms with van der Waals surface area (Å²) in [6.45, 7) is 7.84. The average molecular weight is 329 g/mol. The number of nitrogens with zero attached hydrogens (tertiary/aromatic N) is 4. The maximum atomic E-state index is 11.1. The molecule has 1 aromatic carbocycles. The van der Waals surface area contributed by atoms with Crippen molar-refractivity contribution in [3.05, 3.63) is 47.0 Å². The number of nitrogens with two attached hydrogens (primary N) is 1. The summed E-state index contributed by atoms with van der Waals surface area (Å²) >= 11 is 0. The van der Waals surface area contributed by atoms with Gasteiger partial charge in [0.05, 0.1) is 19.3 Å². The maximum Gasteiger partial charge on any atom is 0.248 e. The summed E-state index contributed by atoms with van der Waals surface area (Å²) in [6.07, 6.45) is 0.100. The predicted octanol–water partition coefficient (Wildman–Crippen LogP) is 0.895. The number of ether oxygens (including phenoxy) is 1. The SMILES string of the molecule is Cc1nc(C)n(CC2CN(Cc3ccc(C(N)=O)cc3)CCO2)n1. The van der Waals surface area contributed by atoms with E-state index in [4.69, 9.17) is 10.5 Å². The van der Waals surface area contributed by atoms with Crippen molar-refractivity contribution in [1.82, 2.24) is 19.7 Å². The lowest BCUT2D eigenvalue weighted by Gasteiger charge is -2.33. The molecule has 1 saturated heterocycles. The highest BCUT2D eigenvalue weighted by molar-refractivity contribution is 5.92. The minimum atomic E-state index is -0.397. The summed E-state index contributed by atoms with van der Waals surface area (Å²) in [5.74, 6) is 1.30. The monoisotopic (exact) mass is 329 g/mol. The van der Waals surface area contributed by atoms with Crippen molar-refractivity contribution in [1.29, 1.82) is 0 Å². The lowest BCUT2D eigenvalue weighted by atomic mass is 10.1. The summed E-state index contributed by atoms with van der Waals surface area (Å²) in [6, 6.07) is 7.46. The minimum Gasteiger partial charge on any atom is -0.374 e. The van der Waals surface area contributed by atoms with Crippen LogP contribution in [0, 0.1) is 13.8 Å². The van der Waals surface area contributed by atoms with Crippen molar-refractivity contribution in [2.45, 2.75) is 33.0 Å². The zero-order valence-electron chi connectivity index (χ0n) is 14.1. The van der Waals surface area contributed by atoms with Crippen LogP contribution in [-0.2, 0) is 17.8 Å². The third kappa shape index (κ3) is 3.98. The van der Waals surface area contributed by atoms with Gasteiger partial charge in [-0.3, -0.25) is 9.69 Å². The smallest absolute Gasteiger partial charge is 0.248 e. The Morgan fingerprint density at radius 3 is 2.71 bits per heavy atom. The summed E-state index contributed by atoms with van der Waals surface area (Å²) < 4.78 is 7.78. The molecule has 3 rings (SSSR count). The molecule has 1 aliphatic heterocycles. The van der Waals surface area contributed by atoms with Crippen LogP contribution in [0.3, 0.4) is 0 Å². The molecule has 24 heavy (non-hydrogen) atoms. The van der Waals surface area contributed by atoms with Gasteiger partial charge in [0.2, 0.25) is 5.91 Å². The van der Waals surface area contributed by atoms with Gasteiger partial charge in [-0.1, -0.05) is 12.1 Å². The van der Waals surface area contributed by atoms with Crippen LogP contribution < -0.4 is 5.73 Å². The van der Waals surface area contributed by atoms with Crippen LogP contribution in [0.25, 0.3) is 0 Å². The van der Waals surface area contributed by atoms with Crippen molar-refractivity contribution < 1.29 is 9.53 Å². The summed E-state index contributed by atoms with van der Waals surface area (Å²) in [7, 11) is 0. The number of morpholine rings is 1. The average Bonchev–Trinajstić information content (AvgIpc) is 2.86. The zero-order chi connectivity index (χ0) is 17.1. The predicted molar refractivity (Wildman–Crippen MR) is 89.5 cm³/mol. The van der Waals surface area contributed by atoms with Crippen molar-refractivity contribution in [3.63, 3.8) is 0 Å². The van der Waals surface area contributed by atoms with Crippen LogP contribution in [0.1, 0.15) is 27.6 Å². The van der Waals surface area contributed by atoms with Gasteiger partial charge in [0.15, 0.2) is 0 Å². The van der Waals surface area contributed by atoms with Crippen molar-refractivity contribution in [2.75, 3.05) is 19.7 Å². The lowest BCUT2D eigenvalue weighted by molar-refractivity contribution is -0.0405. The number of amides is 1. The summed E-state index contributed by atoms with van der Waals surface area (Å²) in [4.78, 5) is 17.8. The minimum absolute atomic E-state index is 0.100. The van der Waals surface area contributed by atoms with Crippen LogP contribution in [-0.4, -0.2) is 51.4 Å². The van der Waals surface area contributed by atoms with Gasteiger partial charge in [0.25, 0.3) is 0 Å². The van der Waals surface area contributed by atoms with Crippen molar-refractivity contribution in [2.24, 2.45) is 5.73 Å². The van der Waals surface area contributed by atoms with E-state index in [9.17, 15) is 4.79 Å². The number of aryl methyl sites for hydroxylation is 2. The number of aromatic nitrogens is 3. The van der Waals surface area contributed by atoms with Crippen molar-refractivity contribution >= 4 is 5.91 Å². The molecular formula is C17H23N5O2. The number of rotatable bonds is 5. The molecule has 1 unspecified atom stereocenters. The van der Waals surface area contributed by atoms with E-state index in [1.807, 2.05) is 30.7 Å². The molecule has 7 heteroatoms. The Morgan fingerprint density at radius 2 is 2.08 bits per heavy atom. The van der Waals surface area contributed by atoms with E-state index in [-0.39, 0.29) is 6.10 Å². The molecule has 1 fully saturated rings. The second kappa shape index (κ2) is 7.11. The van der Waals surface area contributed by atoms with Gasteiger partial charge >= 0.3 is 0 Å². The fourth-order valence-corrected chi connectivity index (χ4v) is 2.99. The highest BCUT2D eigenvalue weighted by Crippen LogP contribution is 2.13. The first-order chi connectivity index (χ1) is 11.5. The number of carbonyl (C=O) groups excluding carboxylic acids is 1. The number of primary amides is 1. The molecule has 0 aliphatic carbocycles. The Bertz CT molecular complexity index is 710. The van der Waals surface area contributed by atoms with Gasteiger partial charge in [-0.15, -0.1) is 0 Å². The molecular weight excluding hydrogens is 306 g/mol. The van der Waals surface area contributed by atoms with Crippen molar-refractivity contribution in [3.8, 4) is 0 Å². The first kappa shape index (κ1) is 16.6. The molecule has 2 heterocycles.